The van der Waals surface area contributed by atoms with Crippen LogP contribution < -0.4 is 10.0 Å². The minimum absolute atomic E-state index is 0.288. The zero-order valence-electron chi connectivity index (χ0n) is 16.2. The lowest BCUT2D eigenvalue weighted by Gasteiger charge is -2.21. The lowest BCUT2D eigenvalue weighted by atomic mass is 9.99. The molecular weight excluding hydrogens is 392 g/mol. The number of hydrogen-bond acceptors (Lipinski definition) is 4. The van der Waals surface area contributed by atoms with Crippen LogP contribution >= 0.6 is 11.3 Å². The van der Waals surface area contributed by atoms with E-state index in [0.29, 0.717) is 16.7 Å². The Kier molecular flexibility index (Phi) is 7.47. The number of benzene rings is 1. The molecule has 28 heavy (non-hydrogen) atoms. The third-order valence-corrected chi connectivity index (χ3v) is 7.57. The van der Waals surface area contributed by atoms with Gasteiger partial charge in [-0.05, 0) is 42.7 Å². The van der Waals surface area contributed by atoms with Crippen LogP contribution in [0, 0.1) is 5.92 Å². The fourth-order valence-corrected chi connectivity index (χ4v) is 5.45. The van der Waals surface area contributed by atoms with Crippen molar-refractivity contribution in [1.82, 2.24) is 14.9 Å². The summed E-state index contributed by atoms with van der Waals surface area (Å²) < 4.78 is 27.3. The van der Waals surface area contributed by atoms with Crippen LogP contribution in [0.1, 0.15) is 18.9 Å². The van der Waals surface area contributed by atoms with Crippen molar-refractivity contribution in [2.75, 3.05) is 32.7 Å². The second-order valence-corrected chi connectivity index (χ2v) is 9.80. The highest BCUT2D eigenvalue weighted by Gasteiger charge is 2.25. The molecule has 3 rings (SSSR count). The molecule has 1 aliphatic rings. The molecule has 1 unspecified atom stereocenters. The standard InChI is InChI=1S/C20H28N4O2S2/c1-2-21-20(22-11-12-23-28(25,26)19-9-6-14-27-19)24-13-10-18(16-24)15-17-7-4-3-5-8-17/h3-9,14,18,23H,2,10-13,15-16H2,1H3,(H,21,22). The highest BCUT2D eigenvalue weighted by atomic mass is 32.2. The van der Waals surface area contributed by atoms with E-state index in [1.54, 1.807) is 17.5 Å². The molecule has 152 valence electrons. The Labute approximate surface area is 171 Å². The third-order valence-electron chi connectivity index (χ3n) is 4.71. The molecule has 8 heteroatoms. The molecule has 0 bridgehead atoms. The van der Waals surface area contributed by atoms with Gasteiger partial charge in [0.15, 0.2) is 5.96 Å². The SMILES string of the molecule is CCNC(=NCCNS(=O)(=O)c1cccs1)N1CCC(Cc2ccccc2)C1. The topological polar surface area (TPSA) is 73.8 Å². The molecule has 1 saturated heterocycles. The highest BCUT2D eigenvalue weighted by Crippen LogP contribution is 2.21. The second-order valence-electron chi connectivity index (χ2n) is 6.86. The molecule has 0 aliphatic carbocycles. The number of guanidine groups is 1. The minimum Gasteiger partial charge on any atom is -0.357 e. The van der Waals surface area contributed by atoms with Crippen molar-refractivity contribution in [3.05, 3.63) is 53.4 Å². The van der Waals surface area contributed by atoms with E-state index in [1.165, 1.54) is 16.9 Å². The van der Waals surface area contributed by atoms with Crippen molar-refractivity contribution >= 4 is 27.3 Å². The van der Waals surface area contributed by atoms with Gasteiger partial charge in [-0.25, -0.2) is 13.1 Å². The Morgan fingerprint density at radius 1 is 1.25 bits per heavy atom. The van der Waals surface area contributed by atoms with Gasteiger partial charge in [-0.15, -0.1) is 11.3 Å². The number of thiophene rings is 1. The molecular formula is C20H28N4O2S2. The summed E-state index contributed by atoms with van der Waals surface area (Å²) in [4.78, 5) is 6.91. The van der Waals surface area contributed by atoms with Gasteiger partial charge in [-0.3, -0.25) is 4.99 Å². The van der Waals surface area contributed by atoms with Gasteiger partial charge in [0.1, 0.15) is 4.21 Å². The molecule has 1 aromatic heterocycles. The van der Waals surface area contributed by atoms with E-state index in [4.69, 9.17) is 0 Å². The summed E-state index contributed by atoms with van der Waals surface area (Å²) in [6.07, 6.45) is 2.22. The number of nitrogens with zero attached hydrogens (tertiary/aromatic N) is 2. The number of likely N-dealkylation sites (tertiary alicyclic amines) is 1. The zero-order chi connectivity index (χ0) is 19.8. The number of hydrogen-bond donors (Lipinski definition) is 2. The monoisotopic (exact) mass is 420 g/mol. The van der Waals surface area contributed by atoms with E-state index in [-0.39, 0.29) is 6.54 Å². The normalized spacial score (nSPS) is 17.8. The van der Waals surface area contributed by atoms with Gasteiger partial charge in [-0.1, -0.05) is 36.4 Å². The van der Waals surface area contributed by atoms with Crippen molar-refractivity contribution in [2.24, 2.45) is 10.9 Å². The van der Waals surface area contributed by atoms with Crippen molar-refractivity contribution < 1.29 is 8.42 Å². The average Bonchev–Trinajstić information content (AvgIpc) is 3.38. The first-order valence-corrected chi connectivity index (χ1v) is 12.0. The second kappa shape index (κ2) is 10.0. The quantitative estimate of drug-likeness (QED) is 0.391. The van der Waals surface area contributed by atoms with E-state index in [2.05, 4.69) is 44.2 Å². The molecule has 2 heterocycles. The molecule has 0 amide bonds. The van der Waals surface area contributed by atoms with Crippen molar-refractivity contribution in [3.63, 3.8) is 0 Å². The van der Waals surface area contributed by atoms with Crippen LogP contribution in [-0.4, -0.2) is 52.0 Å². The molecule has 2 N–H and O–H groups in total. The number of sulfonamides is 1. The van der Waals surface area contributed by atoms with Crippen LogP contribution in [0.25, 0.3) is 0 Å². The smallest absolute Gasteiger partial charge is 0.250 e. The van der Waals surface area contributed by atoms with Gasteiger partial charge < -0.3 is 10.2 Å². The number of aliphatic imine (C=N–C) groups is 1. The summed E-state index contributed by atoms with van der Waals surface area (Å²) in [7, 11) is -3.42. The maximum absolute atomic E-state index is 12.2. The van der Waals surface area contributed by atoms with Crippen LogP contribution in [0.5, 0.6) is 0 Å². The van der Waals surface area contributed by atoms with E-state index in [0.717, 1.165) is 38.4 Å². The zero-order valence-corrected chi connectivity index (χ0v) is 17.8. The lowest BCUT2D eigenvalue weighted by molar-refractivity contribution is 0.460. The Morgan fingerprint density at radius 3 is 2.79 bits per heavy atom. The Morgan fingerprint density at radius 2 is 2.07 bits per heavy atom. The third kappa shape index (κ3) is 5.80. The number of nitrogens with one attached hydrogen (secondary N) is 2. The molecule has 2 aromatic rings. The molecule has 0 saturated carbocycles. The van der Waals surface area contributed by atoms with Crippen LogP contribution in [0.15, 0.2) is 57.0 Å². The number of rotatable bonds is 8. The van der Waals surface area contributed by atoms with Crippen LogP contribution in [0.4, 0.5) is 0 Å². The Balaban J connectivity index is 1.51. The average molecular weight is 421 g/mol. The molecule has 1 aliphatic heterocycles. The summed E-state index contributed by atoms with van der Waals surface area (Å²) >= 11 is 1.22. The molecule has 6 nitrogen and oxygen atoms in total. The van der Waals surface area contributed by atoms with Crippen molar-refractivity contribution in [2.45, 2.75) is 24.0 Å². The van der Waals surface area contributed by atoms with E-state index in [9.17, 15) is 8.42 Å². The van der Waals surface area contributed by atoms with Crippen LogP contribution in [0.3, 0.4) is 0 Å². The van der Waals surface area contributed by atoms with Crippen molar-refractivity contribution in [1.29, 1.82) is 0 Å². The molecule has 0 spiro atoms. The van der Waals surface area contributed by atoms with E-state index in [1.807, 2.05) is 13.0 Å². The first-order chi connectivity index (χ1) is 13.6. The van der Waals surface area contributed by atoms with Crippen LogP contribution in [-0.2, 0) is 16.4 Å². The van der Waals surface area contributed by atoms with E-state index < -0.39 is 10.0 Å². The largest absolute Gasteiger partial charge is 0.357 e. The highest BCUT2D eigenvalue weighted by molar-refractivity contribution is 7.91. The van der Waals surface area contributed by atoms with Crippen molar-refractivity contribution in [3.8, 4) is 0 Å². The minimum atomic E-state index is -3.42. The molecule has 1 aromatic carbocycles. The Hall–Kier alpha value is -1.90. The first-order valence-electron chi connectivity index (χ1n) is 9.69. The van der Waals surface area contributed by atoms with Gasteiger partial charge >= 0.3 is 0 Å². The van der Waals surface area contributed by atoms with Crippen LogP contribution in [0.2, 0.25) is 0 Å². The fraction of sp³-hybridized carbons (Fsp3) is 0.450. The van der Waals surface area contributed by atoms with Gasteiger partial charge in [0.05, 0.1) is 6.54 Å². The summed E-state index contributed by atoms with van der Waals surface area (Å²) in [5.41, 5.74) is 1.37. The summed E-state index contributed by atoms with van der Waals surface area (Å²) in [5, 5.41) is 5.09. The summed E-state index contributed by atoms with van der Waals surface area (Å²) in [6.45, 7) is 5.49. The van der Waals surface area contributed by atoms with Gasteiger partial charge in [0.25, 0.3) is 0 Å². The predicted molar refractivity (Wildman–Crippen MR) is 115 cm³/mol. The molecule has 1 fully saturated rings. The summed E-state index contributed by atoms with van der Waals surface area (Å²) in [5.74, 6) is 1.48. The molecule has 0 radical (unpaired) electrons. The van der Waals surface area contributed by atoms with Gasteiger partial charge in [-0.2, -0.15) is 0 Å². The maximum atomic E-state index is 12.2. The maximum Gasteiger partial charge on any atom is 0.250 e. The fourth-order valence-electron chi connectivity index (χ4n) is 3.39. The lowest BCUT2D eigenvalue weighted by Crippen LogP contribution is -2.40. The van der Waals surface area contributed by atoms with Gasteiger partial charge in [0.2, 0.25) is 10.0 Å². The summed E-state index contributed by atoms with van der Waals surface area (Å²) in [6, 6.07) is 13.9. The van der Waals surface area contributed by atoms with E-state index >= 15 is 0 Å². The first kappa shape index (κ1) is 20.8. The molecule has 1 atom stereocenters. The Bertz CT molecular complexity index is 852. The van der Waals surface area contributed by atoms with Gasteiger partial charge in [0, 0.05) is 26.2 Å². The predicted octanol–water partition coefficient (Wildman–Crippen LogP) is 2.56.